The maximum absolute atomic E-state index is 11.3. The lowest BCUT2D eigenvalue weighted by Crippen LogP contribution is -2.34. The van der Waals surface area contributed by atoms with Crippen LogP contribution in [0.15, 0.2) is 0 Å². The number of nitrogens with two attached hydrogens (primary N) is 1. The van der Waals surface area contributed by atoms with Crippen molar-refractivity contribution in [3.63, 3.8) is 0 Å². The Kier molecular flexibility index (Phi) is 4.35. The van der Waals surface area contributed by atoms with Gasteiger partial charge in [-0.1, -0.05) is 6.92 Å². The molecule has 1 aliphatic rings. The molecule has 4 heteroatoms. The van der Waals surface area contributed by atoms with E-state index in [0.29, 0.717) is 11.8 Å². The third-order valence-electron chi connectivity index (χ3n) is 2.83. The predicted molar refractivity (Wildman–Crippen MR) is 54.8 cm³/mol. The molecule has 0 bridgehead atoms. The van der Waals surface area contributed by atoms with Crippen LogP contribution in [0.4, 0.5) is 0 Å². The summed E-state index contributed by atoms with van der Waals surface area (Å²) in [5, 5.41) is 0. The van der Waals surface area contributed by atoms with E-state index >= 15 is 0 Å². The highest BCUT2D eigenvalue weighted by molar-refractivity contribution is 5.78. The molecule has 0 aromatic carbocycles. The molecule has 0 aliphatic carbocycles. The van der Waals surface area contributed by atoms with E-state index in [1.807, 2.05) is 11.8 Å². The summed E-state index contributed by atoms with van der Waals surface area (Å²) in [5.41, 5.74) is 5.32. The summed E-state index contributed by atoms with van der Waals surface area (Å²) < 4.78 is 5.38. The van der Waals surface area contributed by atoms with Crippen LogP contribution in [-0.2, 0) is 9.53 Å². The van der Waals surface area contributed by atoms with Crippen LogP contribution in [0.25, 0.3) is 0 Å². The van der Waals surface area contributed by atoms with Gasteiger partial charge in [-0.15, -0.1) is 0 Å². The van der Waals surface area contributed by atoms with Gasteiger partial charge in [0.2, 0.25) is 5.91 Å². The van der Waals surface area contributed by atoms with E-state index in [1.54, 1.807) is 0 Å². The van der Waals surface area contributed by atoms with E-state index in [1.165, 1.54) is 0 Å². The lowest BCUT2D eigenvalue weighted by Gasteiger charge is -2.15. The monoisotopic (exact) mass is 200 g/mol. The summed E-state index contributed by atoms with van der Waals surface area (Å²) >= 11 is 0. The van der Waals surface area contributed by atoms with Crippen molar-refractivity contribution in [3.8, 4) is 0 Å². The minimum atomic E-state index is 0.0517. The summed E-state index contributed by atoms with van der Waals surface area (Å²) in [6.07, 6.45) is 0. The summed E-state index contributed by atoms with van der Waals surface area (Å²) in [7, 11) is 0. The Balaban J connectivity index is 2.39. The molecule has 14 heavy (non-hydrogen) atoms. The number of hydrogen-bond acceptors (Lipinski definition) is 3. The van der Waals surface area contributed by atoms with Crippen LogP contribution in [0.2, 0.25) is 0 Å². The lowest BCUT2D eigenvalue weighted by atomic mass is 9.99. The SMILES string of the molecule is CCOC[C@@H]1CN(C(=O)CN)C[C@@H]1C. The second kappa shape index (κ2) is 5.32. The molecule has 4 nitrogen and oxygen atoms in total. The quantitative estimate of drug-likeness (QED) is 0.699. The van der Waals surface area contributed by atoms with E-state index in [9.17, 15) is 4.79 Å². The molecule has 2 atom stereocenters. The molecule has 0 saturated carbocycles. The first kappa shape index (κ1) is 11.5. The van der Waals surface area contributed by atoms with E-state index in [-0.39, 0.29) is 12.5 Å². The van der Waals surface area contributed by atoms with Crippen LogP contribution in [0.5, 0.6) is 0 Å². The van der Waals surface area contributed by atoms with Crippen molar-refractivity contribution in [2.45, 2.75) is 13.8 Å². The van der Waals surface area contributed by atoms with Crippen LogP contribution < -0.4 is 5.73 Å². The van der Waals surface area contributed by atoms with Gasteiger partial charge < -0.3 is 15.4 Å². The van der Waals surface area contributed by atoms with Crippen molar-refractivity contribution in [2.24, 2.45) is 17.6 Å². The molecule has 1 amide bonds. The Morgan fingerprint density at radius 2 is 2.29 bits per heavy atom. The van der Waals surface area contributed by atoms with Crippen molar-refractivity contribution in [1.82, 2.24) is 4.90 Å². The average molecular weight is 200 g/mol. The number of hydrogen-bond donors (Lipinski definition) is 1. The van der Waals surface area contributed by atoms with E-state index in [0.717, 1.165) is 26.3 Å². The van der Waals surface area contributed by atoms with Crippen LogP contribution in [0.1, 0.15) is 13.8 Å². The Morgan fingerprint density at radius 3 is 2.86 bits per heavy atom. The van der Waals surface area contributed by atoms with Gasteiger partial charge in [-0.25, -0.2) is 0 Å². The fourth-order valence-electron chi connectivity index (χ4n) is 1.85. The second-order valence-corrected chi connectivity index (χ2v) is 3.90. The molecule has 0 spiro atoms. The number of carbonyl (C=O) groups excluding carboxylic acids is 1. The molecular weight excluding hydrogens is 180 g/mol. The van der Waals surface area contributed by atoms with Crippen LogP contribution in [0, 0.1) is 11.8 Å². The topological polar surface area (TPSA) is 55.6 Å². The molecule has 1 fully saturated rings. The molecule has 2 N–H and O–H groups in total. The molecule has 0 aromatic heterocycles. The summed E-state index contributed by atoms with van der Waals surface area (Å²) in [6.45, 7) is 7.40. The van der Waals surface area contributed by atoms with Gasteiger partial charge in [0.15, 0.2) is 0 Å². The fourth-order valence-corrected chi connectivity index (χ4v) is 1.85. The number of ether oxygens (including phenoxy) is 1. The highest BCUT2D eigenvalue weighted by atomic mass is 16.5. The maximum Gasteiger partial charge on any atom is 0.236 e. The maximum atomic E-state index is 11.3. The molecule has 1 heterocycles. The average Bonchev–Trinajstić information content (AvgIpc) is 2.56. The predicted octanol–water partition coefficient (Wildman–Crippen LogP) is 0.0761. The Hall–Kier alpha value is -0.610. The summed E-state index contributed by atoms with van der Waals surface area (Å²) in [6, 6.07) is 0. The van der Waals surface area contributed by atoms with Gasteiger partial charge in [0.1, 0.15) is 0 Å². The minimum Gasteiger partial charge on any atom is -0.381 e. The van der Waals surface area contributed by atoms with E-state index < -0.39 is 0 Å². The molecule has 0 aromatic rings. The first-order chi connectivity index (χ1) is 6.69. The van der Waals surface area contributed by atoms with Gasteiger partial charge in [0, 0.05) is 25.6 Å². The smallest absolute Gasteiger partial charge is 0.236 e. The number of nitrogens with zero attached hydrogens (tertiary/aromatic N) is 1. The fraction of sp³-hybridized carbons (Fsp3) is 0.900. The first-order valence-electron chi connectivity index (χ1n) is 5.24. The highest BCUT2D eigenvalue weighted by Gasteiger charge is 2.31. The van der Waals surface area contributed by atoms with Gasteiger partial charge >= 0.3 is 0 Å². The van der Waals surface area contributed by atoms with Gasteiger partial charge in [-0.05, 0) is 12.8 Å². The first-order valence-corrected chi connectivity index (χ1v) is 5.24. The van der Waals surface area contributed by atoms with E-state index in [2.05, 4.69) is 6.92 Å². The molecule has 1 saturated heterocycles. The van der Waals surface area contributed by atoms with Gasteiger partial charge in [-0.3, -0.25) is 4.79 Å². The van der Waals surface area contributed by atoms with Gasteiger partial charge in [0.05, 0.1) is 13.2 Å². The van der Waals surface area contributed by atoms with Crippen molar-refractivity contribution in [1.29, 1.82) is 0 Å². The van der Waals surface area contributed by atoms with E-state index in [4.69, 9.17) is 10.5 Å². The Morgan fingerprint density at radius 1 is 1.57 bits per heavy atom. The largest absolute Gasteiger partial charge is 0.381 e. The van der Waals surface area contributed by atoms with Crippen molar-refractivity contribution >= 4 is 5.91 Å². The number of amides is 1. The third kappa shape index (κ3) is 2.69. The minimum absolute atomic E-state index is 0.0517. The lowest BCUT2D eigenvalue weighted by molar-refractivity contribution is -0.128. The zero-order valence-electron chi connectivity index (χ0n) is 9.03. The van der Waals surface area contributed by atoms with Gasteiger partial charge in [-0.2, -0.15) is 0 Å². The Labute approximate surface area is 85.4 Å². The third-order valence-corrected chi connectivity index (χ3v) is 2.83. The molecule has 0 unspecified atom stereocenters. The molecule has 1 rings (SSSR count). The zero-order valence-corrected chi connectivity index (χ0v) is 9.03. The molecule has 0 radical (unpaired) electrons. The number of likely N-dealkylation sites (tertiary alicyclic amines) is 1. The number of carbonyl (C=O) groups is 1. The van der Waals surface area contributed by atoms with Crippen molar-refractivity contribution < 1.29 is 9.53 Å². The van der Waals surface area contributed by atoms with Crippen LogP contribution >= 0.6 is 0 Å². The van der Waals surface area contributed by atoms with Gasteiger partial charge in [0.25, 0.3) is 0 Å². The molecule has 82 valence electrons. The molecule has 1 aliphatic heterocycles. The Bertz CT molecular complexity index is 197. The zero-order chi connectivity index (χ0) is 10.6. The summed E-state index contributed by atoms with van der Waals surface area (Å²) in [5.74, 6) is 1.05. The highest BCUT2D eigenvalue weighted by Crippen LogP contribution is 2.22. The number of rotatable bonds is 4. The van der Waals surface area contributed by atoms with Crippen LogP contribution in [0.3, 0.4) is 0 Å². The summed E-state index contributed by atoms with van der Waals surface area (Å²) in [4.78, 5) is 13.2. The standard InChI is InChI=1S/C10H20N2O2/c1-3-14-7-9-6-12(5-8(9)2)10(13)4-11/h8-9H,3-7,11H2,1-2H3/t8-,9-/m0/s1. The normalized spacial score (nSPS) is 26.9. The second-order valence-electron chi connectivity index (χ2n) is 3.90. The van der Waals surface area contributed by atoms with Crippen LogP contribution in [-0.4, -0.2) is 43.7 Å². The van der Waals surface area contributed by atoms with Crippen molar-refractivity contribution in [2.75, 3.05) is 32.8 Å². The van der Waals surface area contributed by atoms with Crippen molar-refractivity contribution in [3.05, 3.63) is 0 Å². The molecular formula is C10H20N2O2.